The number of ether oxygens (including phenoxy) is 2. The van der Waals surface area contributed by atoms with Gasteiger partial charge in [-0.3, -0.25) is 4.90 Å². The number of piperidine rings is 1. The molecule has 1 aromatic carbocycles. The number of benzene rings is 1. The van der Waals surface area contributed by atoms with Gasteiger partial charge in [0.2, 0.25) is 5.88 Å². The van der Waals surface area contributed by atoms with Crippen LogP contribution in [-0.2, 0) is 35.6 Å². The normalized spacial score (nSPS) is 19.4. The number of pyridine rings is 1. The highest BCUT2D eigenvalue weighted by molar-refractivity contribution is 6.30. The molecule has 6 rings (SSSR count). The van der Waals surface area contributed by atoms with E-state index in [1.54, 1.807) is 24.3 Å². The third-order valence-electron chi connectivity index (χ3n) is 7.81. The van der Waals surface area contributed by atoms with Gasteiger partial charge in [-0.25, -0.2) is 19.2 Å². The maximum atomic E-state index is 14.1. The minimum atomic E-state index is -0.886. The van der Waals surface area contributed by atoms with Crippen molar-refractivity contribution < 1.29 is 23.8 Å². The number of likely N-dealkylation sites (tertiary alicyclic amines) is 1. The molecule has 0 spiro atoms. The summed E-state index contributed by atoms with van der Waals surface area (Å²) in [5.41, 5.74) is 3.56. The second-order valence-corrected chi connectivity index (χ2v) is 10.8. The second kappa shape index (κ2) is 11.1. The van der Waals surface area contributed by atoms with Gasteiger partial charge in [0.15, 0.2) is 0 Å². The molecule has 2 aliphatic heterocycles. The molecular formula is C29H30ClFN4O4. The number of rotatable bonds is 9. The van der Waals surface area contributed by atoms with Gasteiger partial charge in [-0.15, -0.1) is 0 Å². The number of aromatic nitrogens is 3. The zero-order valence-electron chi connectivity index (χ0n) is 21.5. The second-order valence-electron chi connectivity index (χ2n) is 10.4. The summed E-state index contributed by atoms with van der Waals surface area (Å²) in [7, 11) is 0. The largest absolute Gasteiger partial charge is 0.478 e. The monoisotopic (exact) mass is 552 g/mol. The van der Waals surface area contributed by atoms with Gasteiger partial charge in [-0.1, -0.05) is 23.7 Å². The Kier molecular flexibility index (Phi) is 7.38. The molecule has 4 heterocycles. The lowest BCUT2D eigenvalue weighted by Crippen LogP contribution is -2.36. The first-order valence-electron chi connectivity index (χ1n) is 13.3. The molecule has 8 nitrogen and oxygen atoms in total. The number of halogens is 2. The van der Waals surface area contributed by atoms with E-state index < -0.39 is 11.8 Å². The predicted molar refractivity (Wildman–Crippen MR) is 143 cm³/mol. The highest BCUT2D eigenvalue weighted by Crippen LogP contribution is 2.31. The molecule has 1 unspecified atom stereocenters. The Morgan fingerprint density at radius 2 is 2.00 bits per heavy atom. The van der Waals surface area contributed by atoms with Gasteiger partial charge in [-0.2, -0.15) is 0 Å². The number of hydrogen-bond donors (Lipinski definition) is 1. The lowest BCUT2D eigenvalue weighted by Gasteiger charge is -2.32. The topological polar surface area (TPSA) is 89.7 Å². The Balaban J connectivity index is 1.08. The van der Waals surface area contributed by atoms with Gasteiger partial charge in [-0.05, 0) is 56.6 Å². The van der Waals surface area contributed by atoms with Crippen LogP contribution in [0.15, 0.2) is 42.0 Å². The van der Waals surface area contributed by atoms with E-state index in [-0.39, 0.29) is 12.7 Å². The number of aliphatic carboxylic acids is 1. The first kappa shape index (κ1) is 26.0. The van der Waals surface area contributed by atoms with E-state index in [0.717, 1.165) is 61.9 Å². The number of hydrogen-bond acceptors (Lipinski definition) is 6. The van der Waals surface area contributed by atoms with Crippen LogP contribution in [-0.4, -0.2) is 56.3 Å². The molecule has 1 aliphatic carbocycles. The molecule has 204 valence electrons. The smallest absolute Gasteiger partial charge is 0.332 e. The van der Waals surface area contributed by atoms with Gasteiger partial charge in [0, 0.05) is 52.6 Å². The van der Waals surface area contributed by atoms with Crippen LogP contribution in [0.2, 0.25) is 5.02 Å². The zero-order chi connectivity index (χ0) is 26.9. The lowest BCUT2D eigenvalue weighted by molar-refractivity contribution is -0.132. The Morgan fingerprint density at radius 1 is 1.18 bits per heavy atom. The maximum absolute atomic E-state index is 14.1. The predicted octanol–water partition coefficient (Wildman–Crippen LogP) is 4.84. The Morgan fingerprint density at radius 3 is 2.72 bits per heavy atom. The van der Waals surface area contributed by atoms with Crippen molar-refractivity contribution >= 4 is 23.6 Å². The summed E-state index contributed by atoms with van der Waals surface area (Å²) in [5, 5.41) is 9.79. The fourth-order valence-corrected chi connectivity index (χ4v) is 5.64. The van der Waals surface area contributed by atoms with Crippen molar-refractivity contribution in [2.24, 2.45) is 0 Å². The van der Waals surface area contributed by atoms with Crippen molar-refractivity contribution in [2.45, 2.75) is 57.4 Å². The first-order valence-corrected chi connectivity index (χ1v) is 13.7. The minimum Gasteiger partial charge on any atom is -0.478 e. The summed E-state index contributed by atoms with van der Waals surface area (Å²) in [6, 6.07) is 10.3. The fraction of sp³-hybridized carbons (Fsp3) is 0.414. The van der Waals surface area contributed by atoms with Crippen LogP contribution in [0.1, 0.15) is 53.7 Å². The molecule has 0 radical (unpaired) electrons. The first-order chi connectivity index (χ1) is 18.9. The third kappa shape index (κ3) is 5.71. The molecule has 1 N–H and O–H groups in total. The summed E-state index contributed by atoms with van der Waals surface area (Å²) in [6.07, 6.45) is 5.20. The average molecular weight is 553 g/mol. The molecule has 1 atom stereocenters. The molecule has 0 amide bonds. The van der Waals surface area contributed by atoms with Crippen molar-refractivity contribution in [3.05, 3.63) is 81.3 Å². The summed E-state index contributed by atoms with van der Waals surface area (Å²) in [6.45, 7) is 4.10. The van der Waals surface area contributed by atoms with Crippen LogP contribution < -0.4 is 4.74 Å². The molecule has 10 heteroatoms. The van der Waals surface area contributed by atoms with Gasteiger partial charge in [0.1, 0.15) is 18.2 Å². The number of carbonyl (C=O) groups is 1. The van der Waals surface area contributed by atoms with Crippen LogP contribution in [0.3, 0.4) is 0 Å². The quantitative estimate of drug-likeness (QED) is 0.406. The van der Waals surface area contributed by atoms with E-state index >= 15 is 0 Å². The molecule has 2 saturated heterocycles. The molecule has 2 fully saturated rings. The van der Waals surface area contributed by atoms with Crippen molar-refractivity contribution in [3.63, 3.8) is 0 Å². The summed E-state index contributed by atoms with van der Waals surface area (Å²) >= 11 is 5.84. The zero-order valence-corrected chi connectivity index (χ0v) is 22.2. The minimum absolute atomic E-state index is 0.0869. The van der Waals surface area contributed by atoms with Crippen LogP contribution in [0.5, 0.6) is 5.88 Å². The van der Waals surface area contributed by atoms with Crippen molar-refractivity contribution in [2.75, 3.05) is 19.7 Å². The number of imidazole rings is 1. The average Bonchev–Trinajstić information content (AvgIpc) is 3.45. The van der Waals surface area contributed by atoms with Crippen molar-refractivity contribution in [3.8, 4) is 5.88 Å². The summed E-state index contributed by atoms with van der Waals surface area (Å²) in [5.74, 6) is 0.482. The van der Waals surface area contributed by atoms with E-state index in [9.17, 15) is 14.3 Å². The maximum Gasteiger partial charge on any atom is 0.332 e. The number of carboxylic acid groups (broad SMARTS) is 1. The highest BCUT2D eigenvalue weighted by atomic mass is 35.5. The van der Waals surface area contributed by atoms with Crippen molar-refractivity contribution in [1.29, 1.82) is 0 Å². The van der Waals surface area contributed by atoms with Gasteiger partial charge < -0.3 is 19.1 Å². The Bertz CT molecular complexity index is 1410. The number of fused-ring (bicyclic) bond motifs is 1. The molecule has 39 heavy (non-hydrogen) atoms. The summed E-state index contributed by atoms with van der Waals surface area (Å²) in [4.78, 5) is 23.4. The Hall–Kier alpha value is -3.27. The lowest BCUT2D eigenvalue weighted by atomic mass is 9.93. The molecular weight excluding hydrogens is 523 g/mol. The Labute approximate surface area is 231 Å². The van der Waals surface area contributed by atoms with E-state index in [1.165, 1.54) is 6.07 Å². The molecule has 3 aliphatic rings. The molecule has 0 bridgehead atoms. The van der Waals surface area contributed by atoms with Gasteiger partial charge >= 0.3 is 5.97 Å². The van der Waals surface area contributed by atoms with Crippen LogP contribution in [0.25, 0.3) is 6.08 Å². The SMILES string of the molecule is O=C(O)C1=Cc2nc(CN3CCC(c4cccc(OCc5ccc(Cl)cc5F)n4)CC3)n(CC3CCO3)c2C1. The van der Waals surface area contributed by atoms with Crippen LogP contribution in [0, 0.1) is 5.82 Å². The van der Waals surface area contributed by atoms with Gasteiger partial charge in [0.25, 0.3) is 0 Å². The molecule has 3 aromatic rings. The van der Waals surface area contributed by atoms with E-state index in [2.05, 4.69) is 9.47 Å². The number of nitrogens with zero attached hydrogens (tertiary/aromatic N) is 4. The van der Waals surface area contributed by atoms with E-state index in [4.69, 9.17) is 31.0 Å². The standard InChI is InChI=1S/C29H30ClFN4O4/c30-21-5-4-19(23(31)14-21)17-39-28-3-1-2-24(33-28)18-6-9-34(10-7-18)16-27-32-25-12-20(29(36)37)13-26(25)35(27)15-22-8-11-38-22/h1-5,12,14,18,22H,6-11,13,15-17H2,(H,36,37). The van der Waals surface area contributed by atoms with Gasteiger partial charge in [0.05, 0.1) is 24.9 Å². The summed E-state index contributed by atoms with van der Waals surface area (Å²) < 4.78 is 27.7. The molecule has 2 aromatic heterocycles. The fourth-order valence-electron chi connectivity index (χ4n) is 5.48. The van der Waals surface area contributed by atoms with Crippen LogP contribution >= 0.6 is 11.6 Å². The van der Waals surface area contributed by atoms with Crippen LogP contribution in [0.4, 0.5) is 4.39 Å². The third-order valence-corrected chi connectivity index (χ3v) is 8.05. The highest BCUT2D eigenvalue weighted by Gasteiger charge is 2.30. The molecule has 0 saturated carbocycles. The number of carboxylic acids is 1. The van der Waals surface area contributed by atoms with Crippen molar-refractivity contribution in [1.82, 2.24) is 19.4 Å². The van der Waals surface area contributed by atoms with E-state index in [0.29, 0.717) is 47.5 Å². The van der Waals surface area contributed by atoms with E-state index in [1.807, 2.05) is 12.1 Å².